The Morgan fingerprint density at radius 3 is 2.58 bits per heavy atom. The van der Waals surface area contributed by atoms with Gasteiger partial charge in [-0.05, 0) is 54.8 Å². The zero-order valence-electron chi connectivity index (χ0n) is 16.8. The predicted octanol–water partition coefficient (Wildman–Crippen LogP) is 5.11. The Bertz CT molecular complexity index is 1040. The van der Waals surface area contributed by atoms with Crippen molar-refractivity contribution in [3.63, 3.8) is 0 Å². The molecule has 1 aromatic carbocycles. The number of piperidine rings is 1. The summed E-state index contributed by atoms with van der Waals surface area (Å²) in [5.41, 5.74) is 2.40. The van der Waals surface area contributed by atoms with Crippen molar-refractivity contribution in [2.45, 2.75) is 31.4 Å². The number of carbonyl (C=O) groups excluding carboxylic acids is 1. The summed E-state index contributed by atoms with van der Waals surface area (Å²) in [6, 6.07) is 14.5. The minimum Gasteiger partial charge on any atom is -0.338 e. The molecule has 0 N–H and O–H groups in total. The number of likely N-dealkylation sites (tertiary alicyclic amines) is 1. The van der Waals surface area contributed by atoms with Crippen LogP contribution in [-0.4, -0.2) is 33.9 Å². The van der Waals surface area contributed by atoms with E-state index < -0.39 is 11.7 Å². The van der Waals surface area contributed by atoms with Gasteiger partial charge in [0.1, 0.15) is 0 Å². The van der Waals surface area contributed by atoms with E-state index in [-0.39, 0.29) is 11.8 Å². The lowest BCUT2D eigenvalue weighted by Crippen LogP contribution is -2.39. The van der Waals surface area contributed by atoms with Crippen LogP contribution in [0.25, 0.3) is 0 Å². The second-order valence-corrected chi connectivity index (χ2v) is 7.76. The maximum atomic E-state index is 12.8. The Labute approximate surface area is 178 Å². The molecule has 2 aromatic heterocycles. The monoisotopic (exact) mass is 425 g/mol. The van der Waals surface area contributed by atoms with Gasteiger partial charge in [0.15, 0.2) is 0 Å². The molecule has 1 amide bonds. The van der Waals surface area contributed by atoms with Crippen LogP contribution in [0.15, 0.2) is 67.0 Å². The van der Waals surface area contributed by atoms with Crippen LogP contribution in [-0.2, 0) is 12.6 Å². The molecule has 160 valence electrons. The fraction of sp³-hybridized carbons (Fsp3) is 0.292. The van der Waals surface area contributed by atoms with E-state index in [2.05, 4.69) is 4.98 Å². The number of pyridine rings is 2. The zero-order chi connectivity index (χ0) is 21.8. The molecule has 0 aliphatic carbocycles. The van der Waals surface area contributed by atoms with Crippen LogP contribution in [0.1, 0.15) is 51.6 Å². The molecular formula is C24H22F3N3O. The normalized spacial score (nSPS) is 16.9. The van der Waals surface area contributed by atoms with E-state index in [0.29, 0.717) is 25.1 Å². The molecule has 0 spiro atoms. The van der Waals surface area contributed by atoms with Crippen LogP contribution in [0, 0.1) is 0 Å². The van der Waals surface area contributed by atoms with Gasteiger partial charge in [0.05, 0.1) is 11.1 Å². The van der Waals surface area contributed by atoms with Gasteiger partial charge in [-0.3, -0.25) is 14.8 Å². The topological polar surface area (TPSA) is 46.1 Å². The minimum atomic E-state index is -4.34. The van der Waals surface area contributed by atoms with Gasteiger partial charge in [0, 0.05) is 49.2 Å². The molecule has 1 aliphatic heterocycles. The summed E-state index contributed by atoms with van der Waals surface area (Å²) in [6.07, 6.45) is 1.17. The highest BCUT2D eigenvalue weighted by Crippen LogP contribution is 2.30. The van der Waals surface area contributed by atoms with E-state index >= 15 is 0 Å². The number of halogens is 3. The zero-order valence-corrected chi connectivity index (χ0v) is 16.8. The lowest BCUT2D eigenvalue weighted by molar-refractivity contribution is -0.137. The molecule has 1 atom stereocenters. The number of amides is 1. The molecule has 1 unspecified atom stereocenters. The van der Waals surface area contributed by atoms with Crippen molar-refractivity contribution in [2.75, 3.05) is 13.1 Å². The SMILES string of the molecule is O=C(c1cccnc1)N1CCCC(c2cccc(Cc3ccc(C(F)(F)F)cc3)n2)C1. The first-order chi connectivity index (χ1) is 14.9. The Hall–Kier alpha value is -3.22. The molecule has 1 fully saturated rings. The quantitative estimate of drug-likeness (QED) is 0.584. The molecule has 4 rings (SSSR count). The second kappa shape index (κ2) is 8.88. The van der Waals surface area contributed by atoms with Gasteiger partial charge in [-0.1, -0.05) is 18.2 Å². The molecule has 3 heterocycles. The summed E-state index contributed by atoms with van der Waals surface area (Å²) in [6.45, 7) is 1.29. The van der Waals surface area contributed by atoms with Gasteiger partial charge in [-0.2, -0.15) is 13.2 Å². The van der Waals surface area contributed by atoms with Crippen molar-refractivity contribution in [3.05, 3.63) is 95.1 Å². The van der Waals surface area contributed by atoms with Crippen LogP contribution in [0.5, 0.6) is 0 Å². The summed E-state index contributed by atoms with van der Waals surface area (Å²) < 4.78 is 38.3. The standard InChI is InChI=1S/C24H22F3N3O/c25-24(26,27)20-10-8-17(9-11-20)14-21-6-1-7-22(29-21)19-5-3-13-30(16-19)23(31)18-4-2-12-28-15-18/h1-2,4,6-12,15,19H,3,5,13-14,16H2. The summed E-state index contributed by atoms with van der Waals surface area (Å²) in [7, 11) is 0. The third-order valence-corrected chi connectivity index (χ3v) is 5.53. The number of hydrogen-bond acceptors (Lipinski definition) is 3. The average molecular weight is 425 g/mol. The van der Waals surface area contributed by atoms with Crippen molar-refractivity contribution < 1.29 is 18.0 Å². The van der Waals surface area contributed by atoms with E-state index in [1.807, 2.05) is 23.1 Å². The van der Waals surface area contributed by atoms with Gasteiger partial charge in [-0.15, -0.1) is 0 Å². The number of nitrogens with zero attached hydrogens (tertiary/aromatic N) is 3. The molecule has 1 aliphatic rings. The Kier molecular flexibility index (Phi) is 6.02. The number of carbonyl (C=O) groups is 1. The highest BCUT2D eigenvalue weighted by atomic mass is 19.4. The molecule has 31 heavy (non-hydrogen) atoms. The van der Waals surface area contributed by atoms with Crippen molar-refractivity contribution in [2.24, 2.45) is 0 Å². The van der Waals surface area contributed by atoms with E-state index in [1.165, 1.54) is 12.1 Å². The minimum absolute atomic E-state index is 0.0290. The maximum Gasteiger partial charge on any atom is 0.416 e. The van der Waals surface area contributed by atoms with Crippen LogP contribution < -0.4 is 0 Å². The molecule has 4 nitrogen and oxygen atoms in total. The number of rotatable bonds is 4. The van der Waals surface area contributed by atoms with Gasteiger partial charge >= 0.3 is 6.18 Å². The van der Waals surface area contributed by atoms with Crippen LogP contribution in [0.4, 0.5) is 13.2 Å². The van der Waals surface area contributed by atoms with E-state index in [9.17, 15) is 18.0 Å². The predicted molar refractivity (Wildman–Crippen MR) is 111 cm³/mol. The van der Waals surface area contributed by atoms with Crippen molar-refractivity contribution in [1.82, 2.24) is 14.9 Å². The van der Waals surface area contributed by atoms with E-state index in [4.69, 9.17) is 4.98 Å². The lowest BCUT2D eigenvalue weighted by atomic mass is 9.93. The highest BCUT2D eigenvalue weighted by molar-refractivity contribution is 5.94. The number of hydrogen-bond donors (Lipinski definition) is 0. The molecule has 3 aromatic rings. The molecule has 1 saturated heterocycles. The van der Waals surface area contributed by atoms with Crippen molar-refractivity contribution >= 4 is 5.91 Å². The highest BCUT2D eigenvalue weighted by Gasteiger charge is 2.30. The third kappa shape index (κ3) is 5.10. The molecule has 0 bridgehead atoms. The summed E-state index contributed by atoms with van der Waals surface area (Å²) in [4.78, 5) is 23.4. The Balaban J connectivity index is 1.46. The molecular weight excluding hydrogens is 403 g/mol. The first kappa shape index (κ1) is 21.0. The van der Waals surface area contributed by atoms with Crippen molar-refractivity contribution in [3.8, 4) is 0 Å². The number of aromatic nitrogens is 2. The van der Waals surface area contributed by atoms with E-state index in [0.717, 1.165) is 41.9 Å². The van der Waals surface area contributed by atoms with Crippen LogP contribution in [0.3, 0.4) is 0 Å². The smallest absolute Gasteiger partial charge is 0.338 e. The molecule has 7 heteroatoms. The van der Waals surface area contributed by atoms with Gasteiger partial charge in [0.2, 0.25) is 0 Å². The average Bonchev–Trinajstić information content (AvgIpc) is 2.79. The summed E-state index contributed by atoms with van der Waals surface area (Å²) in [5, 5.41) is 0. The largest absolute Gasteiger partial charge is 0.416 e. The van der Waals surface area contributed by atoms with Gasteiger partial charge in [0.25, 0.3) is 5.91 Å². The Morgan fingerprint density at radius 1 is 1.06 bits per heavy atom. The lowest BCUT2D eigenvalue weighted by Gasteiger charge is -2.32. The third-order valence-electron chi connectivity index (χ3n) is 5.53. The molecule has 0 radical (unpaired) electrons. The summed E-state index contributed by atoms with van der Waals surface area (Å²) >= 11 is 0. The van der Waals surface area contributed by atoms with Crippen LogP contribution in [0.2, 0.25) is 0 Å². The van der Waals surface area contributed by atoms with Crippen LogP contribution >= 0.6 is 0 Å². The first-order valence-electron chi connectivity index (χ1n) is 10.2. The number of benzene rings is 1. The fourth-order valence-corrected chi connectivity index (χ4v) is 3.92. The fourth-order valence-electron chi connectivity index (χ4n) is 3.92. The second-order valence-electron chi connectivity index (χ2n) is 7.76. The maximum absolute atomic E-state index is 12.8. The molecule has 0 saturated carbocycles. The Morgan fingerprint density at radius 2 is 1.87 bits per heavy atom. The van der Waals surface area contributed by atoms with E-state index in [1.54, 1.807) is 24.5 Å². The number of alkyl halides is 3. The van der Waals surface area contributed by atoms with Crippen molar-refractivity contribution in [1.29, 1.82) is 0 Å². The van der Waals surface area contributed by atoms with Gasteiger partial charge in [-0.25, -0.2) is 0 Å². The summed E-state index contributed by atoms with van der Waals surface area (Å²) in [5.74, 6) is 0.0978. The van der Waals surface area contributed by atoms with Gasteiger partial charge < -0.3 is 4.90 Å². The first-order valence-corrected chi connectivity index (χ1v) is 10.2.